The highest BCUT2D eigenvalue weighted by atomic mass is 79.9. The summed E-state index contributed by atoms with van der Waals surface area (Å²) in [5.74, 6) is 0. The van der Waals surface area contributed by atoms with Crippen LogP contribution in [0.25, 0.3) is 11.3 Å². The molecule has 0 spiro atoms. The van der Waals surface area contributed by atoms with Crippen LogP contribution in [0.1, 0.15) is 11.1 Å². The molecular formula is C15H8Br4F3N. The molecule has 23 heavy (non-hydrogen) atoms. The lowest BCUT2D eigenvalue weighted by Crippen LogP contribution is -2.06. The first-order chi connectivity index (χ1) is 10.7. The van der Waals surface area contributed by atoms with Crippen molar-refractivity contribution >= 4 is 63.7 Å². The molecule has 0 amide bonds. The number of nitrogens with zero attached hydrogens (tertiary/aromatic N) is 1. The van der Waals surface area contributed by atoms with E-state index in [0.717, 1.165) is 31.3 Å². The molecule has 0 saturated carbocycles. The predicted molar refractivity (Wildman–Crippen MR) is 99.7 cm³/mol. The minimum Gasteiger partial charge on any atom is -0.254 e. The van der Waals surface area contributed by atoms with Gasteiger partial charge in [0.2, 0.25) is 0 Å². The van der Waals surface area contributed by atoms with Crippen LogP contribution in [-0.4, -0.2) is 4.98 Å². The molecule has 0 unspecified atom stereocenters. The molecule has 2 rings (SSSR count). The topological polar surface area (TPSA) is 12.9 Å². The number of hydrogen-bond acceptors (Lipinski definition) is 1. The summed E-state index contributed by atoms with van der Waals surface area (Å²) in [7, 11) is 0. The normalized spacial score (nSPS) is 11.4. The third-order valence-electron chi connectivity index (χ3n) is 2.95. The zero-order chi connectivity index (χ0) is 17.2. The van der Waals surface area contributed by atoms with Gasteiger partial charge in [0.25, 0.3) is 0 Å². The molecule has 0 aliphatic heterocycles. The summed E-state index contributed by atoms with van der Waals surface area (Å²) in [5, 5.41) is 0. The maximum Gasteiger partial charge on any atom is 0.417 e. The van der Waals surface area contributed by atoms with Crippen LogP contribution in [0.15, 0.2) is 48.9 Å². The van der Waals surface area contributed by atoms with Crippen molar-refractivity contribution in [2.24, 2.45) is 0 Å². The Kier molecular flexibility index (Phi) is 6.49. The number of alkyl halides is 3. The fourth-order valence-corrected chi connectivity index (χ4v) is 3.36. The minimum absolute atomic E-state index is 0.295. The van der Waals surface area contributed by atoms with Crippen LogP contribution in [0.5, 0.6) is 0 Å². The van der Waals surface area contributed by atoms with Crippen molar-refractivity contribution in [3.05, 3.63) is 60.0 Å². The Morgan fingerprint density at radius 3 is 2.30 bits per heavy atom. The van der Waals surface area contributed by atoms with E-state index in [0.29, 0.717) is 16.6 Å². The molecule has 1 heterocycles. The second-order valence-corrected chi connectivity index (χ2v) is 9.05. The number of pyridine rings is 1. The van der Waals surface area contributed by atoms with Gasteiger partial charge in [-0.1, -0.05) is 34.1 Å². The van der Waals surface area contributed by atoms with Crippen molar-refractivity contribution in [2.75, 3.05) is 0 Å². The summed E-state index contributed by atoms with van der Waals surface area (Å²) in [4.78, 5) is 3.96. The van der Waals surface area contributed by atoms with Crippen LogP contribution in [0.4, 0.5) is 13.2 Å². The highest BCUT2D eigenvalue weighted by Gasteiger charge is 2.31. The SMILES string of the molecule is FC(F)(F)c1cnc(-c2ccc(CC=C(Br)Br)cc2Br)c(Br)c1. The van der Waals surface area contributed by atoms with Gasteiger partial charge in [-0.2, -0.15) is 13.2 Å². The van der Waals surface area contributed by atoms with E-state index >= 15 is 0 Å². The van der Waals surface area contributed by atoms with Gasteiger partial charge in [0.1, 0.15) is 0 Å². The Morgan fingerprint density at radius 2 is 1.78 bits per heavy atom. The van der Waals surface area contributed by atoms with E-state index in [4.69, 9.17) is 0 Å². The molecule has 0 aliphatic carbocycles. The third kappa shape index (κ3) is 5.14. The third-order valence-corrected chi connectivity index (χ3v) is 4.86. The summed E-state index contributed by atoms with van der Waals surface area (Å²) in [6.07, 6.45) is -0.907. The Hall–Kier alpha value is -0.180. The Bertz CT molecular complexity index is 753. The van der Waals surface area contributed by atoms with Crippen molar-refractivity contribution < 1.29 is 13.2 Å². The lowest BCUT2D eigenvalue weighted by Gasteiger charge is -2.11. The van der Waals surface area contributed by atoms with E-state index < -0.39 is 11.7 Å². The molecule has 2 aromatic rings. The maximum absolute atomic E-state index is 12.7. The molecule has 1 aromatic carbocycles. The lowest BCUT2D eigenvalue weighted by molar-refractivity contribution is -0.137. The van der Waals surface area contributed by atoms with Gasteiger partial charge in [0.05, 0.1) is 14.6 Å². The molecule has 0 saturated heterocycles. The average Bonchev–Trinajstić information content (AvgIpc) is 2.44. The zero-order valence-corrected chi connectivity index (χ0v) is 17.6. The van der Waals surface area contributed by atoms with Gasteiger partial charge in [-0.15, -0.1) is 0 Å². The van der Waals surface area contributed by atoms with Crippen molar-refractivity contribution in [3.8, 4) is 11.3 Å². The highest BCUT2D eigenvalue weighted by Crippen LogP contribution is 2.36. The van der Waals surface area contributed by atoms with Crippen molar-refractivity contribution in [3.63, 3.8) is 0 Å². The summed E-state index contributed by atoms with van der Waals surface area (Å²) < 4.78 is 40.0. The van der Waals surface area contributed by atoms with E-state index in [1.807, 2.05) is 24.3 Å². The first kappa shape index (κ1) is 19.1. The molecule has 0 bridgehead atoms. The standard InChI is InChI=1S/C15H8Br4F3N/c16-11-5-8(2-4-13(18)19)1-3-10(11)14-12(17)6-9(7-23-14)15(20,21)22/h1,3-7H,2H2. The lowest BCUT2D eigenvalue weighted by atomic mass is 10.1. The summed E-state index contributed by atoms with van der Waals surface area (Å²) in [6, 6.07) is 6.69. The number of halogens is 7. The fourth-order valence-electron chi connectivity index (χ4n) is 1.86. The van der Waals surface area contributed by atoms with Crippen LogP contribution >= 0.6 is 63.7 Å². The van der Waals surface area contributed by atoms with Crippen LogP contribution in [0, 0.1) is 0 Å². The minimum atomic E-state index is -4.41. The first-order valence-corrected chi connectivity index (χ1v) is 9.38. The molecule has 0 aliphatic rings. The van der Waals surface area contributed by atoms with Crippen molar-refractivity contribution in [1.82, 2.24) is 4.98 Å². The van der Waals surface area contributed by atoms with E-state index in [9.17, 15) is 13.2 Å². The largest absolute Gasteiger partial charge is 0.417 e. The second kappa shape index (κ2) is 7.80. The molecule has 8 heteroatoms. The van der Waals surface area contributed by atoms with Gasteiger partial charge < -0.3 is 0 Å². The Balaban J connectivity index is 2.37. The van der Waals surface area contributed by atoms with Gasteiger partial charge in [0.15, 0.2) is 0 Å². The molecule has 0 N–H and O–H groups in total. The van der Waals surface area contributed by atoms with Crippen molar-refractivity contribution in [1.29, 1.82) is 0 Å². The zero-order valence-electron chi connectivity index (χ0n) is 11.3. The van der Waals surface area contributed by atoms with Crippen molar-refractivity contribution in [2.45, 2.75) is 12.6 Å². The maximum atomic E-state index is 12.7. The highest BCUT2D eigenvalue weighted by molar-refractivity contribution is 9.28. The number of hydrogen-bond donors (Lipinski definition) is 0. The van der Waals surface area contributed by atoms with Crippen LogP contribution < -0.4 is 0 Å². The van der Waals surface area contributed by atoms with Crippen LogP contribution in [0.2, 0.25) is 0 Å². The predicted octanol–water partition coefficient (Wildman–Crippen LogP) is 7.47. The summed E-state index contributed by atoms with van der Waals surface area (Å²) in [5.41, 5.74) is 1.44. The monoisotopic (exact) mass is 575 g/mol. The summed E-state index contributed by atoms with van der Waals surface area (Å²) >= 11 is 13.2. The van der Waals surface area contributed by atoms with E-state index in [1.165, 1.54) is 0 Å². The fraction of sp³-hybridized carbons (Fsp3) is 0.133. The first-order valence-electron chi connectivity index (χ1n) is 6.21. The van der Waals surface area contributed by atoms with Crippen LogP contribution in [-0.2, 0) is 12.6 Å². The summed E-state index contributed by atoms with van der Waals surface area (Å²) in [6.45, 7) is 0. The molecule has 1 aromatic heterocycles. The van der Waals surface area contributed by atoms with E-state index in [-0.39, 0.29) is 0 Å². The van der Waals surface area contributed by atoms with Gasteiger partial charge >= 0.3 is 6.18 Å². The van der Waals surface area contributed by atoms with E-state index in [1.54, 1.807) is 0 Å². The molecule has 0 radical (unpaired) electrons. The molecule has 122 valence electrons. The van der Waals surface area contributed by atoms with Gasteiger partial charge in [-0.25, -0.2) is 0 Å². The average molecular weight is 579 g/mol. The Morgan fingerprint density at radius 1 is 1.09 bits per heavy atom. The number of aromatic nitrogens is 1. The molecule has 1 nitrogen and oxygen atoms in total. The van der Waals surface area contributed by atoms with Gasteiger partial charge in [-0.3, -0.25) is 4.98 Å². The van der Waals surface area contributed by atoms with Gasteiger partial charge in [-0.05, 0) is 71.9 Å². The van der Waals surface area contributed by atoms with Gasteiger partial charge in [0, 0.05) is 20.7 Å². The molecule has 0 fully saturated rings. The number of benzene rings is 1. The Labute approximate surface area is 164 Å². The quantitative estimate of drug-likeness (QED) is 0.368. The second-order valence-electron chi connectivity index (χ2n) is 4.56. The smallest absolute Gasteiger partial charge is 0.254 e. The molecule has 0 atom stereocenters. The van der Waals surface area contributed by atoms with E-state index in [2.05, 4.69) is 68.7 Å². The molecular weight excluding hydrogens is 571 g/mol. The number of rotatable bonds is 3. The number of allylic oxidation sites excluding steroid dienone is 1. The van der Waals surface area contributed by atoms with Crippen LogP contribution in [0.3, 0.4) is 0 Å².